The fraction of sp³-hybridized carbons (Fsp3) is 0.154. The van der Waals surface area contributed by atoms with E-state index in [1.54, 1.807) is 6.07 Å². The van der Waals surface area contributed by atoms with Crippen LogP contribution in [0.2, 0.25) is 0 Å². The number of benzene rings is 1. The summed E-state index contributed by atoms with van der Waals surface area (Å²) in [5, 5.41) is 5.76. The Hall–Kier alpha value is -2.47. The molecule has 0 unspecified atom stereocenters. The average Bonchev–Trinajstić information content (AvgIpc) is 2.40. The van der Waals surface area contributed by atoms with Crippen molar-refractivity contribution < 1.29 is 4.79 Å². The third-order valence-corrected chi connectivity index (χ3v) is 2.47. The maximum atomic E-state index is 11.9. The highest BCUT2D eigenvalue weighted by molar-refractivity contribution is 6.02. The van der Waals surface area contributed by atoms with Crippen LogP contribution < -0.4 is 16.2 Å². The number of amides is 1. The molecule has 0 saturated heterocycles. The van der Waals surface area contributed by atoms with E-state index in [1.807, 2.05) is 25.2 Å². The van der Waals surface area contributed by atoms with Crippen molar-refractivity contribution >= 4 is 11.6 Å². The number of nitrogens with one attached hydrogen (secondary N) is 3. The number of rotatable bonds is 4. The highest BCUT2D eigenvalue weighted by Crippen LogP contribution is 2.11. The Balaban J connectivity index is 2.12. The number of carbonyl (C=O) groups is 1. The van der Waals surface area contributed by atoms with E-state index in [1.165, 1.54) is 6.20 Å². The van der Waals surface area contributed by atoms with Gasteiger partial charge in [-0.1, -0.05) is 12.1 Å². The van der Waals surface area contributed by atoms with E-state index in [0.717, 1.165) is 18.3 Å². The lowest BCUT2D eigenvalue weighted by molar-refractivity contribution is 0.102. The molecule has 1 amide bonds. The fourth-order valence-corrected chi connectivity index (χ4v) is 1.62. The van der Waals surface area contributed by atoms with Gasteiger partial charge in [-0.05, 0) is 24.7 Å². The van der Waals surface area contributed by atoms with Crippen molar-refractivity contribution in [2.45, 2.75) is 6.54 Å². The first-order chi connectivity index (χ1) is 9.19. The van der Waals surface area contributed by atoms with Gasteiger partial charge in [0.1, 0.15) is 5.69 Å². The number of nitrogens with zero attached hydrogens (tertiary/aromatic N) is 1. The van der Waals surface area contributed by atoms with Crippen LogP contribution in [0.5, 0.6) is 0 Å². The zero-order valence-corrected chi connectivity index (χ0v) is 10.4. The number of H-pyrrole nitrogens is 1. The SMILES string of the molecule is CNCc1cccc(NC(=O)c2c[nH]c(=O)cn2)c1. The number of carbonyl (C=O) groups excluding carboxylic acids is 1. The van der Waals surface area contributed by atoms with Crippen molar-refractivity contribution in [2.75, 3.05) is 12.4 Å². The van der Waals surface area contributed by atoms with Gasteiger partial charge in [0.25, 0.3) is 11.5 Å². The molecule has 0 aliphatic heterocycles. The van der Waals surface area contributed by atoms with Crippen molar-refractivity contribution in [3.8, 4) is 0 Å². The molecule has 0 saturated carbocycles. The van der Waals surface area contributed by atoms with Crippen LogP contribution >= 0.6 is 0 Å². The van der Waals surface area contributed by atoms with Crippen LogP contribution in [-0.4, -0.2) is 22.9 Å². The van der Waals surface area contributed by atoms with Gasteiger partial charge < -0.3 is 15.6 Å². The van der Waals surface area contributed by atoms with Gasteiger partial charge in [0.15, 0.2) is 0 Å². The van der Waals surface area contributed by atoms with E-state index in [4.69, 9.17) is 0 Å². The van der Waals surface area contributed by atoms with Crippen LogP contribution in [0.25, 0.3) is 0 Å². The standard InChI is InChI=1S/C13H14N4O2/c1-14-6-9-3-2-4-10(5-9)17-13(19)11-7-16-12(18)8-15-11/h2-5,7-8,14H,6H2,1H3,(H,16,18)(H,17,19). The minimum Gasteiger partial charge on any atom is -0.325 e. The zero-order valence-electron chi connectivity index (χ0n) is 10.4. The summed E-state index contributed by atoms with van der Waals surface area (Å²) < 4.78 is 0. The molecule has 98 valence electrons. The molecule has 0 fully saturated rings. The van der Waals surface area contributed by atoms with E-state index in [0.29, 0.717) is 5.69 Å². The maximum Gasteiger partial charge on any atom is 0.275 e. The predicted molar refractivity (Wildman–Crippen MR) is 72.0 cm³/mol. The average molecular weight is 258 g/mol. The zero-order chi connectivity index (χ0) is 13.7. The fourth-order valence-electron chi connectivity index (χ4n) is 1.62. The third-order valence-electron chi connectivity index (χ3n) is 2.47. The van der Waals surface area contributed by atoms with Crippen molar-refractivity contribution in [2.24, 2.45) is 0 Å². The van der Waals surface area contributed by atoms with E-state index < -0.39 is 0 Å². The topological polar surface area (TPSA) is 86.9 Å². The number of hydrogen-bond acceptors (Lipinski definition) is 4. The van der Waals surface area contributed by atoms with Gasteiger partial charge in [-0.2, -0.15) is 0 Å². The summed E-state index contributed by atoms with van der Waals surface area (Å²) in [6, 6.07) is 7.50. The monoisotopic (exact) mass is 258 g/mol. The Morgan fingerprint density at radius 3 is 2.95 bits per heavy atom. The van der Waals surface area contributed by atoms with Crippen molar-refractivity contribution in [1.82, 2.24) is 15.3 Å². The lowest BCUT2D eigenvalue weighted by Crippen LogP contribution is -2.17. The number of anilines is 1. The summed E-state index contributed by atoms with van der Waals surface area (Å²) in [6.45, 7) is 0.723. The summed E-state index contributed by atoms with van der Waals surface area (Å²) in [7, 11) is 1.86. The number of aromatic amines is 1. The summed E-state index contributed by atoms with van der Waals surface area (Å²) in [6.07, 6.45) is 2.36. The summed E-state index contributed by atoms with van der Waals surface area (Å²) >= 11 is 0. The van der Waals surface area contributed by atoms with Crippen molar-refractivity contribution in [1.29, 1.82) is 0 Å². The normalized spacial score (nSPS) is 10.2. The molecule has 0 radical (unpaired) electrons. The quantitative estimate of drug-likeness (QED) is 0.755. The molecular weight excluding hydrogens is 244 g/mol. The van der Waals surface area contributed by atoms with Gasteiger partial charge in [-0.15, -0.1) is 0 Å². The second-order valence-electron chi connectivity index (χ2n) is 3.98. The molecule has 6 heteroatoms. The van der Waals surface area contributed by atoms with Crippen LogP contribution in [0.15, 0.2) is 41.5 Å². The molecule has 3 N–H and O–H groups in total. The first kappa shape index (κ1) is 13.0. The molecule has 1 aromatic heterocycles. The van der Waals surface area contributed by atoms with Crippen LogP contribution in [0.4, 0.5) is 5.69 Å². The summed E-state index contributed by atoms with van der Waals surface area (Å²) in [5.41, 5.74) is 1.58. The Labute approximate surface area is 109 Å². The van der Waals surface area contributed by atoms with Crippen molar-refractivity contribution in [3.63, 3.8) is 0 Å². The molecule has 0 aliphatic rings. The predicted octanol–water partition coefficient (Wildman–Crippen LogP) is 0.742. The van der Waals surface area contributed by atoms with Gasteiger partial charge >= 0.3 is 0 Å². The molecule has 1 heterocycles. The molecule has 19 heavy (non-hydrogen) atoms. The summed E-state index contributed by atoms with van der Waals surface area (Å²) in [4.78, 5) is 28.9. The molecule has 0 atom stereocenters. The van der Waals surface area contributed by atoms with Gasteiger partial charge in [-0.3, -0.25) is 9.59 Å². The van der Waals surface area contributed by atoms with Crippen LogP contribution in [0.1, 0.15) is 16.1 Å². The first-order valence-electron chi connectivity index (χ1n) is 5.78. The second-order valence-corrected chi connectivity index (χ2v) is 3.98. The van der Waals surface area contributed by atoms with E-state index in [9.17, 15) is 9.59 Å². The third kappa shape index (κ3) is 3.49. The Kier molecular flexibility index (Phi) is 4.04. The molecule has 0 spiro atoms. The van der Waals surface area contributed by atoms with E-state index in [-0.39, 0.29) is 17.2 Å². The highest BCUT2D eigenvalue weighted by atomic mass is 16.2. The minimum absolute atomic E-state index is 0.165. The van der Waals surface area contributed by atoms with Gasteiger partial charge in [-0.25, -0.2) is 4.98 Å². The molecule has 1 aromatic carbocycles. The van der Waals surface area contributed by atoms with Crippen LogP contribution in [-0.2, 0) is 6.54 Å². The molecule has 2 rings (SSSR count). The van der Waals surface area contributed by atoms with Crippen LogP contribution in [0.3, 0.4) is 0 Å². The van der Waals surface area contributed by atoms with Crippen molar-refractivity contribution in [3.05, 3.63) is 58.3 Å². The summed E-state index contributed by atoms with van der Waals surface area (Å²) in [5.74, 6) is -0.363. The molecule has 0 bridgehead atoms. The first-order valence-corrected chi connectivity index (χ1v) is 5.78. The van der Waals surface area contributed by atoms with E-state index >= 15 is 0 Å². The number of aromatic nitrogens is 2. The minimum atomic E-state index is -0.363. The molecule has 6 nitrogen and oxygen atoms in total. The molecular formula is C13H14N4O2. The Morgan fingerprint density at radius 2 is 2.26 bits per heavy atom. The largest absolute Gasteiger partial charge is 0.325 e. The second kappa shape index (κ2) is 5.92. The lowest BCUT2D eigenvalue weighted by atomic mass is 10.2. The van der Waals surface area contributed by atoms with Gasteiger partial charge in [0, 0.05) is 18.4 Å². The van der Waals surface area contributed by atoms with Gasteiger partial charge in [0.05, 0.1) is 6.20 Å². The van der Waals surface area contributed by atoms with Gasteiger partial charge in [0.2, 0.25) is 0 Å². The molecule has 2 aromatic rings. The Bertz CT molecular complexity index is 616. The lowest BCUT2D eigenvalue weighted by Gasteiger charge is -2.06. The number of hydrogen-bond donors (Lipinski definition) is 3. The molecule has 0 aliphatic carbocycles. The Morgan fingerprint density at radius 1 is 1.42 bits per heavy atom. The van der Waals surface area contributed by atoms with E-state index in [2.05, 4.69) is 20.6 Å². The highest BCUT2D eigenvalue weighted by Gasteiger charge is 2.07. The van der Waals surface area contributed by atoms with Crippen LogP contribution in [0, 0.1) is 0 Å². The maximum absolute atomic E-state index is 11.9. The smallest absolute Gasteiger partial charge is 0.275 e.